The van der Waals surface area contributed by atoms with Crippen LogP contribution in [0.25, 0.3) is 32.7 Å². The second-order valence-corrected chi connectivity index (χ2v) is 7.02. The summed E-state index contributed by atoms with van der Waals surface area (Å²) in [5, 5.41) is 4.68. The van der Waals surface area contributed by atoms with Crippen LogP contribution in [0, 0.1) is 0 Å². The average molecular weight is 341 g/mol. The summed E-state index contributed by atoms with van der Waals surface area (Å²) in [7, 11) is 1.70. The van der Waals surface area contributed by atoms with Gasteiger partial charge in [0, 0.05) is 16.5 Å². The Morgan fingerprint density at radius 2 is 1.62 bits per heavy atom. The lowest BCUT2D eigenvalue weighted by Crippen LogP contribution is -1.96. The molecular weight excluding hydrogens is 318 g/mol. The molecule has 26 heavy (non-hydrogen) atoms. The van der Waals surface area contributed by atoms with E-state index in [1.807, 2.05) is 12.1 Å². The van der Waals surface area contributed by atoms with E-state index in [1.54, 1.807) is 7.11 Å². The summed E-state index contributed by atoms with van der Waals surface area (Å²) in [6.45, 7) is 4.51. The standard InChI is InChI=1S/C24H23NO/c1-15(2)24-18-7-5-4-6-16(18)8-10-19(24)17-9-11-20-21(14-17)23(26-3)13-12-22(20)25/h4-15H,25H2,1-3H3. The van der Waals surface area contributed by atoms with Gasteiger partial charge >= 0.3 is 0 Å². The first-order chi connectivity index (χ1) is 12.6. The second kappa shape index (κ2) is 6.38. The molecule has 0 atom stereocenters. The first-order valence-corrected chi connectivity index (χ1v) is 8.98. The number of nitrogen functional groups attached to an aromatic ring is 1. The van der Waals surface area contributed by atoms with E-state index in [9.17, 15) is 0 Å². The molecule has 0 saturated carbocycles. The average Bonchev–Trinajstić information content (AvgIpc) is 2.67. The quantitative estimate of drug-likeness (QED) is 0.439. The summed E-state index contributed by atoms with van der Waals surface area (Å²) in [6, 6.07) is 23.3. The van der Waals surface area contributed by atoms with E-state index in [0.29, 0.717) is 5.92 Å². The zero-order valence-electron chi connectivity index (χ0n) is 15.4. The minimum absolute atomic E-state index is 0.425. The molecular formula is C24H23NO. The minimum atomic E-state index is 0.425. The Kier molecular flexibility index (Phi) is 4.04. The molecule has 4 rings (SSSR count). The number of hydrogen-bond donors (Lipinski definition) is 1. The molecule has 2 heteroatoms. The monoisotopic (exact) mass is 341 g/mol. The van der Waals surface area contributed by atoms with Crippen molar-refractivity contribution in [3.8, 4) is 16.9 Å². The van der Waals surface area contributed by atoms with Crippen molar-refractivity contribution in [2.45, 2.75) is 19.8 Å². The molecule has 0 aliphatic heterocycles. The predicted octanol–water partition coefficient (Wildman–Crippen LogP) is 6.37. The molecule has 0 unspecified atom stereocenters. The Labute approximate surface area is 154 Å². The molecule has 0 saturated heterocycles. The topological polar surface area (TPSA) is 35.2 Å². The van der Waals surface area contributed by atoms with Gasteiger partial charge in [0.05, 0.1) is 7.11 Å². The Morgan fingerprint density at radius 1 is 0.808 bits per heavy atom. The largest absolute Gasteiger partial charge is 0.496 e. The van der Waals surface area contributed by atoms with E-state index >= 15 is 0 Å². The molecule has 0 radical (unpaired) electrons. The summed E-state index contributed by atoms with van der Waals surface area (Å²) in [6.07, 6.45) is 0. The lowest BCUT2D eigenvalue weighted by Gasteiger charge is -2.17. The van der Waals surface area contributed by atoms with Gasteiger partial charge < -0.3 is 10.5 Å². The highest BCUT2D eigenvalue weighted by atomic mass is 16.5. The molecule has 0 fully saturated rings. The van der Waals surface area contributed by atoms with Gasteiger partial charge in [0.25, 0.3) is 0 Å². The number of hydrogen-bond acceptors (Lipinski definition) is 2. The van der Waals surface area contributed by atoms with Crippen LogP contribution < -0.4 is 10.5 Å². The third kappa shape index (κ3) is 2.59. The Bertz CT molecular complexity index is 1110. The molecule has 0 aromatic heterocycles. The van der Waals surface area contributed by atoms with E-state index in [0.717, 1.165) is 22.2 Å². The number of rotatable bonds is 3. The van der Waals surface area contributed by atoms with Crippen molar-refractivity contribution in [1.29, 1.82) is 0 Å². The van der Waals surface area contributed by atoms with Gasteiger partial charge in [-0.3, -0.25) is 0 Å². The van der Waals surface area contributed by atoms with Crippen molar-refractivity contribution >= 4 is 27.2 Å². The number of anilines is 1. The van der Waals surface area contributed by atoms with E-state index < -0.39 is 0 Å². The number of ether oxygens (including phenoxy) is 1. The van der Waals surface area contributed by atoms with Crippen LogP contribution >= 0.6 is 0 Å². The van der Waals surface area contributed by atoms with Crippen molar-refractivity contribution in [1.82, 2.24) is 0 Å². The van der Waals surface area contributed by atoms with Crippen LogP contribution in [0.3, 0.4) is 0 Å². The van der Waals surface area contributed by atoms with Gasteiger partial charge in [-0.15, -0.1) is 0 Å². The fraction of sp³-hybridized carbons (Fsp3) is 0.167. The SMILES string of the molecule is COc1ccc(N)c2ccc(-c3ccc4ccccc4c3C(C)C)cc12. The predicted molar refractivity (Wildman–Crippen MR) is 112 cm³/mol. The molecule has 130 valence electrons. The summed E-state index contributed by atoms with van der Waals surface area (Å²) in [4.78, 5) is 0. The summed E-state index contributed by atoms with van der Waals surface area (Å²) in [5.41, 5.74) is 10.8. The zero-order chi connectivity index (χ0) is 18.3. The molecule has 0 heterocycles. The van der Waals surface area contributed by atoms with E-state index in [1.165, 1.54) is 27.5 Å². The van der Waals surface area contributed by atoms with Crippen molar-refractivity contribution in [3.63, 3.8) is 0 Å². The molecule has 0 spiro atoms. The Balaban J connectivity index is 2.02. The summed E-state index contributed by atoms with van der Waals surface area (Å²) < 4.78 is 5.57. The van der Waals surface area contributed by atoms with Crippen molar-refractivity contribution < 1.29 is 4.74 Å². The zero-order valence-corrected chi connectivity index (χ0v) is 15.4. The van der Waals surface area contributed by atoms with Gasteiger partial charge in [-0.05, 0) is 51.6 Å². The van der Waals surface area contributed by atoms with Crippen LogP contribution in [0.4, 0.5) is 5.69 Å². The van der Waals surface area contributed by atoms with E-state index in [2.05, 4.69) is 68.4 Å². The number of nitrogens with two attached hydrogens (primary N) is 1. The maximum Gasteiger partial charge on any atom is 0.126 e. The third-order valence-corrected chi connectivity index (χ3v) is 5.09. The van der Waals surface area contributed by atoms with Crippen molar-refractivity contribution in [3.05, 3.63) is 72.3 Å². The molecule has 0 aliphatic rings. The maximum atomic E-state index is 6.17. The molecule has 2 N–H and O–H groups in total. The Morgan fingerprint density at radius 3 is 2.38 bits per heavy atom. The van der Waals surface area contributed by atoms with Gasteiger partial charge in [0.2, 0.25) is 0 Å². The van der Waals surface area contributed by atoms with Crippen LogP contribution in [0.2, 0.25) is 0 Å². The van der Waals surface area contributed by atoms with Gasteiger partial charge in [0.1, 0.15) is 5.75 Å². The normalized spacial score (nSPS) is 11.4. The smallest absolute Gasteiger partial charge is 0.126 e. The highest BCUT2D eigenvalue weighted by Crippen LogP contribution is 2.38. The second-order valence-electron chi connectivity index (χ2n) is 7.02. The van der Waals surface area contributed by atoms with Crippen molar-refractivity contribution in [2.24, 2.45) is 0 Å². The first kappa shape index (κ1) is 16.5. The molecule has 0 amide bonds. The fourth-order valence-corrected chi connectivity index (χ4v) is 3.86. The number of fused-ring (bicyclic) bond motifs is 2. The number of methoxy groups -OCH3 is 1. The molecule has 0 bridgehead atoms. The van der Waals surface area contributed by atoms with Gasteiger partial charge in [-0.1, -0.05) is 62.4 Å². The fourth-order valence-electron chi connectivity index (χ4n) is 3.86. The minimum Gasteiger partial charge on any atom is -0.496 e. The van der Waals surface area contributed by atoms with E-state index in [-0.39, 0.29) is 0 Å². The lowest BCUT2D eigenvalue weighted by molar-refractivity contribution is 0.420. The lowest BCUT2D eigenvalue weighted by atomic mass is 9.87. The van der Waals surface area contributed by atoms with Crippen molar-refractivity contribution in [2.75, 3.05) is 12.8 Å². The van der Waals surface area contributed by atoms with Crippen LogP contribution in [0.5, 0.6) is 5.75 Å². The molecule has 4 aromatic carbocycles. The Hall–Kier alpha value is -3.00. The molecule has 4 aromatic rings. The number of benzene rings is 4. The van der Waals surface area contributed by atoms with Crippen LogP contribution in [0.15, 0.2) is 66.7 Å². The first-order valence-electron chi connectivity index (χ1n) is 8.98. The van der Waals surface area contributed by atoms with Crippen LogP contribution in [-0.2, 0) is 0 Å². The molecule has 2 nitrogen and oxygen atoms in total. The third-order valence-electron chi connectivity index (χ3n) is 5.09. The highest BCUT2D eigenvalue weighted by molar-refractivity contribution is 6.01. The van der Waals surface area contributed by atoms with Gasteiger partial charge in [0.15, 0.2) is 0 Å². The van der Waals surface area contributed by atoms with Gasteiger partial charge in [-0.2, -0.15) is 0 Å². The van der Waals surface area contributed by atoms with E-state index in [4.69, 9.17) is 10.5 Å². The van der Waals surface area contributed by atoms with Crippen LogP contribution in [-0.4, -0.2) is 7.11 Å². The highest BCUT2D eigenvalue weighted by Gasteiger charge is 2.14. The molecule has 0 aliphatic carbocycles. The van der Waals surface area contributed by atoms with Gasteiger partial charge in [-0.25, -0.2) is 0 Å². The van der Waals surface area contributed by atoms with Crippen LogP contribution in [0.1, 0.15) is 25.3 Å². The summed E-state index contributed by atoms with van der Waals surface area (Å²) in [5.74, 6) is 1.28. The summed E-state index contributed by atoms with van der Waals surface area (Å²) >= 11 is 0. The maximum absolute atomic E-state index is 6.17.